The first-order valence-electron chi connectivity index (χ1n) is 9.16. The summed E-state index contributed by atoms with van der Waals surface area (Å²) in [5, 5.41) is 11.0. The van der Waals surface area contributed by atoms with Crippen LogP contribution in [0.4, 0.5) is 0 Å². The van der Waals surface area contributed by atoms with E-state index in [1.807, 2.05) is 37.6 Å². The van der Waals surface area contributed by atoms with Gasteiger partial charge in [-0.3, -0.25) is 4.99 Å². The maximum atomic E-state index is 4.36. The minimum atomic E-state index is 0.697. The minimum absolute atomic E-state index is 0.697. The Balaban J connectivity index is 1.85. The van der Waals surface area contributed by atoms with Gasteiger partial charge < -0.3 is 10.6 Å². The van der Waals surface area contributed by atoms with Crippen molar-refractivity contribution in [3.63, 3.8) is 0 Å². The number of rotatable bonds is 9. The zero-order chi connectivity index (χ0) is 17.9. The molecule has 0 aliphatic rings. The van der Waals surface area contributed by atoms with E-state index in [1.165, 1.54) is 25.7 Å². The lowest BCUT2D eigenvalue weighted by Crippen LogP contribution is -2.39. The van der Waals surface area contributed by atoms with Gasteiger partial charge in [0.25, 0.3) is 0 Å². The summed E-state index contributed by atoms with van der Waals surface area (Å²) >= 11 is 0. The molecule has 2 aromatic heterocycles. The van der Waals surface area contributed by atoms with Crippen LogP contribution in [0, 0.1) is 5.92 Å². The molecule has 2 N–H and O–H groups in total. The van der Waals surface area contributed by atoms with Crippen LogP contribution in [0.25, 0.3) is 5.82 Å². The van der Waals surface area contributed by atoms with E-state index >= 15 is 0 Å². The van der Waals surface area contributed by atoms with Crippen molar-refractivity contribution in [1.29, 1.82) is 0 Å². The molecule has 0 aliphatic heterocycles. The van der Waals surface area contributed by atoms with Gasteiger partial charge in [0.1, 0.15) is 0 Å². The smallest absolute Gasteiger partial charge is 0.191 e. The number of hydrogen-bond donors (Lipinski definition) is 2. The molecule has 0 saturated heterocycles. The Bertz CT molecular complexity index is 635. The molecule has 2 rings (SSSR count). The lowest BCUT2D eigenvalue weighted by molar-refractivity contribution is 0.443. The SMILES string of the molecule is CCCCC(CC)CNC(=NC)NCc1ccnc(-n2cccn2)c1. The Hall–Kier alpha value is -2.37. The number of hydrogen-bond acceptors (Lipinski definition) is 3. The van der Waals surface area contributed by atoms with E-state index in [1.54, 1.807) is 10.9 Å². The van der Waals surface area contributed by atoms with Crippen molar-refractivity contribution >= 4 is 5.96 Å². The maximum Gasteiger partial charge on any atom is 0.191 e. The topological polar surface area (TPSA) is 67.1 Å². The molecule has 0 spiro atoms. The molecular formula is C19H30N6. The van der Waals surface area contributed by atoms with Crippen LogP contribution in [-0.4, -0.2) is 34.3 Å². The molecule has 0 bridgehead atoms. The lowest BCUT2D eigenvalue weighted by Gasteiger charge is -2.18. The number of pyridine rings is 1. The van der Waals surface area contributed by atoms with Gasteiger partial charge in [-0.05, 0) is 36.1 Å². The van der Waals surface area contributed by atoms with Crippen molar-refractivity contribution in [2.75, 3.05) is 13.6 Å². The minimum Gasteiger partial charge on any atom is -0.356 e. The van der Waals surface area contributed by atoms with E-state index < -0.39 is 0 Å². The fourth-order valence-corrected chi connectivity index (χ4v) is 2.69. The predicted octanol–water partition coefficient (Wildman–Crippen LogP) is 3.15. The van der Waals surface area contributed by atoms with Gasteiger partial charge >= 0.3 is 0 Å². The highest BCUT2D eigenvalue weighted by atomic mass is 15.3. The highest BCUT2D eigenvalue weighted by Gasteiger charge is 2.07. The monoisotopic (exact) mass is 342 g/mol. The summed E-state index contributed by atoms with van der Waals surface area (Å²) in [6, 6.07) is 5.92. The molecule has 1 atom stereocenters. The standard InChI is InChI=1S/C19H30N6/c1-4-6-8-16(5-2)14-22-19(20-3)23-15-17-9-11-21-18(13-17)25-12-7-10-24-25/h7,9-13,16H,4-6,8,14-15H2,1-3H3,(H2,20,22,23). The van der Waals surface area contributed by atoms with Crippen molar-refractivity contribution in [2.24, 2.45) is 10.9 Å². The first-order valence-corrected chi connectivity index (χ1v) is 9.16. The first-order chi connectivity index (χ1) is 12.3. The third-order valence-electron chi connectivity index (χ3n) is 4.33. The van der Waals surface area contributed by atoms with Crippen molar-refractivity contribution in [3.05, 3.63) is 42.4 Å². The van der Waals surface area contributed by atoms with Crippen LogP contribution in [0.15, 0.2) is 41.8 Å². The number of aromatic nitrogens is 3. The van der Waals surface area contributed by atoms with Crippen molar-refractivity contribution < 1.29 is 0 Å². The second-order valence-electron chi connectivity index (χ2n) is 6.20. The summed E-state index contributed by atoms with van der Waals surface area (Å²) in [6.07, 6.45) is 10.5. The quantitative estimate of drug-likeness (QED) is 0.543. The van der Waals surface area contributed by atoms with Crippen molar-refractivity contribution in [3.8, 4) is 5.82 Å². The van der Waals surface area contributed by atoms with Crippen molar-refractivity contribution in [2.45, 2.75) is 46.1 Å². The molecule has 0 saturated carbocycles. The van der Waals surface area contributed by atoms with Crippen LogP contribution in [0.1, 0.15) is 45.1 Å². The van der Waals surface area contributed by atoms with Crippen LogP contribution in [0.3, 0.4) is 0 Å². The van der Waals surface area contributed by atoms with Gasteiger partial charge in [-0.2, -0.15) is 5.10 Å². The van der Waals surface area contributed by atoms with E-state index in [0.29, 0.717) is 12.5 Å². The molecule has 0 fully saturated rings. The molecule has 1 unspecified atom stereocenters. The third-order valence-corrected chi connectivity index (χ3v) is 4.33. The number of unbranched alkanes of at least 4 members (excludes halogenated alkanes) is 1. The zero-order valence-electron chi connectivity index (χ0n) is 15.6. The predicted molar refractivity (Wildman–Crippen MR) is 103 cm³/mol. The van der Waals surface area contributed by atoms with E-state index in [9.17, 15) is 0 Å². The van der Waals surface area contributed by atoms with Gasteiger partial charge in [-0.1, -0.05) is 33.1 Å². The van der Waals surface area contributed by atoms with Crippen LogP contribution in [-0.2, 0) is 6.54 Å². The van der Waals surface area contributed by atoms with Gasteiger partial charge in [0.2, 0.25) is 0 Å². The first kappa shape index (κ1) is 19.0. The van der Waals surface area contributed by atoms with E-state index in [2.05, 4.69) is 39.6 Å². The van der Waals surface area contributed by atoms with Crippen LogP contribution in [0.5, 0.6) is 0 Å². The maximum absolute atomic E-state index is 4.36. The molecule has 2 heterocycles. The molecule has 0 radical (unpaired) electrons. The van der Waals surface area contributed by atoms with E-state index in [-0.39, 0.29) is 0 Å². The molecule has 136 valence electrons. The average molecular weight is 342 g/mol. The Morgan fingerprint density at radius 1 is 1.28 bits per heavy atom. The summed E-state index contributed by atoms with van der Waals surface area (Å²) in [7, 11) is 1.81. The number of guanidine groups is 1. The average Bonchev–Trinajstić information content (AvgIpc) is 3.19. The van der Waals surface area contributed by atoms with Gasteiger partial charge in [0.05, 0.1) is 0 Å². The van der Waals surface area contributed by atoms with E-state index in [0.717, 1.165) is 23.9 Å². The molecule has 2 aromatic rings. The lowest BCUT2D eigenvalue weighted by atomic mass is 9.99. The molecule has 6 nitrogen and oxygen atoms in total. The fraction of sp³-hybridized carbons (Fsp3) is 0.526. The summed E-state index contributed by atoms with van der Waals surface area (Å²) in [5.74, 6) is 2.36. The molecule has 25 heavy (non-hydrogen) atoms. The number of nitrogens with zero attached hydrogens (tertiary/aromatic N) is 4. The summed E-state index contributed by atoms with van der Waals surface area (Å²) in [6.45, 7) is 6.16. The highest BCUT2D eigenvalue weighted by Crippen LogP contribution is 2.11. The van der Waals surface area contributed by atoms with E-state index in [4.69, 9.17) is 0 Å². The van der Waals surface area contributed by atoms with Gasteiger partial charge in [0, 0.05) is 38.7 Å². The van der Waals surface area contributed by atoms with Crippen LogP contribution < -0.4 is 10.6 Å². The number of aliphatic imine (C=N–C) groups is 1. The van der Waals surface area contributed by atoms with Crippen LogP contribution >= 0.6 is 0 Å². The van der Waals surface area contributed by atoms with Crippen LogP contribution in [0.2, 0.25) is 0 Å². The summed E-state index contributed by atoms with van der Waals surface area (Å²) < 4.78 is 1.76. The summed E-state index contributed by atoms with van der Waals surface area (Å²) in [4.78, 5) is 8.68. The second-order valence-corrected chi connectivity index (χ2v) is 6.20. The third kappa shape index (κ3) is 6.21. The molecule has 6 heteroatoms. The Morgan fingerprint density at radius 3 is 2.84 bits per heavy atom. The molecule has 0 amide bonds. The highest BCUT2D eigenvalue weighted by molar-refractivity contribution is 5.79. The van der Waals surface area contributed by atoms with Gasteiger partial charge in [0.15, 0.2) is 11.8 Å². The molecular weight excluding hydrogens is 312 g/mol. The van der Waals surface area contributed by atoms with Crippen molar-refractivity contribution in [1.82, 2.24) is 25.4 Å². The fourth-order valence-electron chi connectivity index (χ4n) is 2.69. The Labute approximate surface area is 150 Å². The zero-order valence-corrected chi connectivity index (χ0v) is 15.6. The molecule has 0 aromatic carbocycles. The molecule has 0 aliphatic carbocycles. The summed E-state index contributed by atoms with van der Waals surface area (Å²) in [5.41, 5.74) is 1.14. The normalized spacial score (nSPS) is 12.8. The van der Waals surface area contributed by atoms with Gasteiger partial charge in [-0.25, -0.2) is 9.67 Å². The Morgan fingerprint density at radius 2 is 2.16 bits per heavy atom. The van der Waals surface area contributed by atoms with Gasteiger partial charge in [-0.15, -0.1) is 0 Å². The Kier molecular flexibility index (Phi) is 7.95. The second kappa shape index (κ2) is 10.5. The largest absolute Gasteiger partial charge is 0.356 e. The number of nitrogens with one attached hydrogen (secondary N) is 2.